The summed E-state index contributed by atoms with van der Waals surface area (Å²) >= 11 is 0. The molecule has 0 aliphatic rings. The average Bonchev–Trinajstić information content (AvgIpc) is 3.95. The summed E-state index contributed by atoms with van der Waals surface area (Å²) in [5.41, 5.74) is 16.2. The van der Waals surface area contributed by atoms with E-state index in [0.29, 0.717) is 17.6 Å². The van der Waals surface area contributed by atoms with Gasteiger partial charge in [0.1, 0.15) is 0 Å². The highest BCUT2D eigenvalue weighted by Gasteiger charge is 2.26. The number of hydrogen-bond acceptors (Lipinski definition) is 3. The first-order valence-corrected chi connectivity index (χ1v) is 23.0. The Morgan fingerprint density at radius 1 is 0.265 bits per heavy atom. The quantitative estimate of drug-likeness (QED) is 0.153. The van der Waals surface area contributed by atoms with E-state index in [1.54, 1.807) is 0 Å². The van der Waals surface area contributed by atoms with Crippen LogP contribution in [-0.4, -0.2) is 24.1 Å². The van der Waals surface area contributed by atoms with Crippen molar-refractivity contribution >= 4 is 43.6 Å². The molecule has 13 aromatic rings. The molecule has 0 fully saturated rings. The molecule has 13 rings (SSSR count). The van der Waals surface area contributed by atoms with E-state index in [1.807, 2.05) is 12.1 Å². The van der Waals surface area contributed by atoms with Gasteiger partial charge in [-0.15, -0.1) is 0 Å². The lowest BCUT2D eigenvalue weighted by Crippen LogP contribution is -2.07. The van der Waals surface area contributed by atoms with Gasteiger partial charge in [0.05, 0.1) is 22.1 Å². The van der Waals surface area contributed by atoms with Crippen LogP contribution < -0.4 is 0 Å². The Balaban J connectivity index is 1.15. The Labute approximate surface area is 393 Å². The predicted molar refractivity (Wildman–Crippen MR) is 281 cm³/mol. The van der Waals surface area contributed by atoms with Gasteiger partial charge in [0.15, 0.2) is 11.6 Å². The van der Waals surface area contributed by atoms with Gasteiger partial charge < -0.3 is 4.57 Å². The lowest BCUT2D eigenvalue weighted by molar-refractivity contribution is 0.953. The van der Waals surface area contributed by atoms with Crippen molar-refractivity contribution in [1.29, 1.82) is 0 Å². The molecule has 0 saturated heterocycles. The third-order valence-electron chi connectivity index (χ3n) is 13.2. The number of nitrogens with zero attached hydrogens (tertiary/aromatic N) is 5. The molecule has 0 saturated carbocycles. The van der Waals surface area contributed by atoms with E-state index in [0.717, 1.165) is 99.4 Å². The predicted octanol–water partition coefficient (Wildman–Crippen LogP) is 16.1. The van der Waals surface area contributed by atoms with Gasteiger partial charge in [-0.05, 0) is 80.9 Å². The van der Waals surface area contributed by atoms with Gasteiger partial charge >= 0.3 is 0 Å². The summed E-state index contributed by atoms with van der Waals surface area (Å²) in [4.78, 5) is 16.3. The van der Waals surface area contributed by atoms with E-state index < -0.39 is 0 Å². The maximum Gasteiger partial charge on any atom is 0.238 e. The minimum Gasteiger partial charge on any atom is -0.307 e. The summed E-state index contributed by atoms with van der Waals surface area (Å²) < 4.78 is 4.74. The second-order valence-corrected chi connectivity index (χ2v) is 17.2. The third-order valence-corrected chi connectivity index (χ3v) is 13.2. The maximum absolute atomic E-state index is 5.52. The van der Waals surface area contributed by atoms with E-state index in [2.05, 4.69) is 246 Å². The molecule has 318 valence electrons. The van der Waals surface area contributed by atoms with Crippen molar-refractivity contribution in [3.05, 3.63) is 249 Å². The van der Waals surface area contributed by atoms with Gasteiger partial charge in [-0.2, -0.15) is 9.97 Å². The second-order valence-electron chi connectivity index (χ2n) is 17.2. The lowest BCUT2D eigenvalue weighted by atomic mass is 9.96. The first-order chi connectivity index (χ1) is 33.7. The van der Waals surface area contributed by atoms with Gasteiger partial charge in [-0.25, -0.2) is 4.98 Å². The summed E-state index contributed by atoms with van der Waals surface area (Å²) in [6, 6.07) is 88.2. The van der Waals surface area contributed by atoms with Crippen LogP contribution in [0.25, 0.3) is 123 Å². The summed E-state index contributed by atoms with van der Waals surface area (Å²) in [5, 5.41) is 4.55. The third kappa shape index (κ3) is 6.68. The maximum atomic E-state index is 5.52. The zero-order chi connectivity index (χ0) is 45.0. The Morgan fingerprint density at radius 3 is 1.37 bits per heavy atom. The van der Waals surface area contributed by atoms with Gasteiger partial charge in [0, 0.05) is 38.4 Å². The van der Waals surface area contributed by atoms with Crippen molar-refractivity contribution in [2.75, 3.05) is 0 Å². The van der Waals surface area contributed by atoms with Gasteiger partial charge in [-0.3, -0.25) is 4.57 Å². The zero-order valence-corrected chi connectivity index (χ0v) is 36.9. The molecule has 0 radical (unpaired) electrons. The Kier molecular flexibility index (Phi) is 9.43. The highest BCUT2D eigenvalue weighted by molar-refractivity contribution is 6.28. The fraction of sp³-hybridized carbons (Fsp3) is 0. The van der Waals surface area contributed by atoms with Crippen LogP contribution in [0.3, 0.4) is 0 Å². The zero-order valence-electron chi connectivity index (χ0n) is 36.9. The molecule has 10 aromatic carbocycles. The number of fused-ring (bicyclic) bond motifs is 7. The number of rotatable bonds is 8. The number of hydrogen-bond donors (Lipinski definition) is 0. The van der Waals surface area contributed by atoms with E-state index in [4.69, 9.17) is 15.0 Å². The van der Waals surface area contributed by atoms with E-state index in [-0.39, 0.29) is 0 Å². The molecular weight excluding hydrogens is 827 g/mol. The Hall–Kier alpha value is -9.19. The summed E-state index contributed by atoms with van der Waals surface area (Å²) in [6.45, 7) is 0. The molecule has 0 amide bonds. The lowest BCUT2D eigenvalue weighted by Gasteiger charge is -2.15. The van der Waals surface area contributed by atoms with E-state index >= 15 is 0 Å². The first-order valence-electron chi connectivity index (χ1n) is 23.0. The molecule has 5 heteroatoms. The van der Waals surface area contributed by atoms with Crippen molar-refractivity contribution in [3.63, 3.8) is 0 Å². The largest absolute Gasteiger partial charge is 0.307 e. The fourth-order valence-electron chi connectivity index (χ4n) is 10.0. The van der Waals surface area contributed by atoms with Crippen molar-refractivity contribution in [1.82, 2.24) is 24.1 Å². The highest BCUT2D eigenvalue weighted by atomic mass is 15.2. The van der Waals surface area contributed by atoms with Gasteiger partial charge in [-0.1, -0.05) is 212 Å². The molecule has 0 spiro atoms. The van der Waals surface area contributed by atoms with Crippen molar-refractivity contribution in [3.8, 4) is 78.9 Å². The molecule has 0 aliphatic carbocycles. The van der Waals surface area contributed by atoms with Crippen molar-refractivity contribution in [2.45, 2.75) is 0 Å². The molecular formula is C63H41N5. The van der Waals surface area contributed by atoms with Crippen LogP contribution in [0.1, 0.15) is 0 Å². The molecule has 68 heavy (non-hydrogen) atoms. The van der Waals surface area contributed by atoms with Crippen LogP contribution in [0.4, 0.5) is 0 Å². The van der Waals surface area contributed by atoms with Gasteiger partial charge in [0.25, 0.3) is 0 Å². The Bertz CT molecular complexity index is 3990. The van der Waals surface area contributed by atoms with Crippen LogP contribution >= 0.6 is 0 Å². The summed E-state index contributed by atoms with van der Waals surface area (Å²) in [7, 11) is 0. The molecule has 0 unspecified atom stereocenters. The minimum atomic E-state index is 0.537. The van der Waals surface area contributed by atoms with E-state index in [9.17, 15) is 0 Å². The molecule has 3 aromatic heterocycles. The van der Waals surface area contributed by atoms with E-state index in [1.165, 1.54) is 5.56 Å². The minimum absolute atomic E-state index is 0.537. The monoisotopic (exact) mass is 867 g/mol. The normalized spacial score (nSPS) is 11.5. The Morgan fingerprint density at radius 2 is 0.721 bits per heavy atom. The number of para-hydroxylation sites is 2. The topological polar surface area (TPSA) is 48.5 Å². The second kappa shape index (κ2) is 16.4. The van der Waals surface area contributed by atoms with Crippen molar-refractivity contribution in [2.24, 2.45) is 0 Å². The van der Waals surface area contributed by atoms with Crippen molar-refractivity contribution < 1.29 is 0 Å². The molecule has 0 bridgehead atoms. The van der Waals surface area contributed by atoms with Crippen LogP contribution in [0.15, 0.2) is 249 Å². The molecule has 0 N–H and O–H groups in total. The number of benzene rings is 10. The number of aromatic nitrogens is 5. The van der Waals surface area contributed by atoms with Crippen LogP contribution in [0, 0.1) is 0 Å². The van der Waals surface area contributed by atoms with Crippen LogP contribution in [0.2, 0.25) is 0 Å². The molecule has 5 nitrogen and oxygen atoms in total. The SMILES string of the molecule is c1ccc(-c2ccc(-c3nc(-c4cccc(-c5ccccc5)c4)nc(-n4c5ccccc5c5c(-c6ccccc6)cc6c7ccccc7n(-c7cccc(-c8ccccc8)c7)c6c54)n3)cc2)cc1. The average molecular weight is 868 g/mol. The van der Waals surface area contributed by atoms with Gasteiger partial charge in [0.2, 0.25) is 5.95 Å². The van der Waals surface area contributed by atoms with Crippen LogP contribution in [0.5, 0.6) is 0 Å². The summed E-state index contributed by atoms with van der Waals surface area (Å²) in [5.74, 6) is 1.72. The fourth-order valence-corrected chi connectivity index (χ4v) is 10.0. The molecule has 3 heterocycles. The molecule has 0 aliphatic heterocycles. The highest BCUT2D eigenvalue weighted by Crippen LogP contribution is 2.46. The van der Waals surface area contributed by atoms with Crippen LogP contribution in [-0.2, 0) is 0 Å². The smallest absolute Gasteiger partial charge is 0.238 e. The standard InChI is InChI=1S/C63H41N5/c1-5-19-42(20-6-1)45-35-37-47(38-36-45)61-64-62(50-29-17-27-48(39-50)43-21-7-2-8-22-43)66-63(65-61)68-57-34-16-14-32-53(57)58-54(46-25-11-4-12-26-46)41-55-52-31-13-15-33-56(52)67(59(55)60(58)68)51-30-18-28-49(40-51)44-23-9-3-10-24-44/h1-41H. The first kappa shape index (κ1) is 39.2. The summed E-state index contributed by atoms with van der Waals surface area (Å²) in [6.07, 6.45) is 0. The molecule has 0 atom stereocenters.